The normalized spacial score (nSPS) is 17.8. The summed E-state index contributed by atoms with van der Waals surface area (Å²) in [5.74, 6) is 0.502. The monoisotopic (exact) mass is 343 g/mol. The van der Waals surface area contributed by atoms with Crippen LogP contribution in [0.1, 0.15) is 49.7 Å². The summed E-state index contributed by atoms with van der Waals surface area (Å²) in [6, 6.07) is 4.05. The fourth-order valence-electron chi connectivity index (χ4n) is 2.91. The molecule has 0 aromatic carbocycles. The van der Waals surface area contributed by atoms with E-state index in [0.717, 1.165) is 30.9 Å². The van der Waals surface area contributed by atoms with Crippen molar-refractivity contribution in [1.82, 2.24) is 20.0 Å². The van der Waals surface area contributed by atoms with Gasteiger partial charge in [-0.2, -0.15) is 10.2 Å². The second kappa shape index (κ2) is 6.82. The molecule has 1 aliphatic heterocycles. The minimum absolute atomic E-state index is 0.138. The second-order valence-corrected chi connectivity index (χ2v) is 7.47. The molecule has 25 heavy (non-hydrogen) atoms. The Balaban J connectivity index is 1.61. The van der Waals surface area contributed by atoms with E-state index in [0.29, 0.717) is 12.2 Å². The van der Waals surface area contributed by atoms with Crippen molar-refractivity contribution in [2.75, 3.05) is 18.1 Å². The van der Waals surface area contributed by atoms with Gasteiger partial charge >= 0.3 is 5.97 Å². The van der Waals surface area contributed by atoms with Crippen molar-refractivity contribution in [3.05, 3.63) is 35.8 Å². The fraction of sp³-hybridized carbons (Fsp3) is 0.556. The molecule has 2 aromatic rings. The average Bonchev–Trinajstić information content (AvgIpc) is 3.22. The van der Waals surface area contributed by atoms with E-state index >= 15 is 0 Å². The zero-order valence-corrected chi connectivity index (χ0v) is 15.3. The van der Waals surface area contributed by atoms with Gasteiger partial charge < -0.3 is 9.64 Å². The van der Waals surface area contributed by atoms with E-state index < -0.39 is 0 Å². The van der Waals surface area contributed by atoms with Crippen molar-refractivity contribution in [2.24, 2.45) is 0 Å². The highest BCUT2D eigenvalue weighted by molar-refractivity contribution is 5.88. The average molecular weight is 343 g/mol. The van der Waals surface area contributed by atoms with Crippen LogP contribution in [0.4, 0.5) is 5.82 Å². The minimum Gasteiger partial charge on any atom is -0.460 e. The summed E-state index contributed by atoms with van der Waals surface area (Å²) in [6.07, 6.45) is 5.33. The number of aryl methyl sites for hydroxylation is 1. The maximum Gasteiger partial charge on any atom is 0.341 e. The predicted octanol–water partition coefficient (Wildman–Crippen LogP) is 2.56. The van der Waals surface area contributed by atoms with Crippen LogP contribution >= 0.6 is 0 Å². The van der Waals surface area contributed by atoms with Crippen molar-refractivity contribution in [3.63, 3.8) is 0 Å². The van der Waals surface area contributed by atoms with Crippen LogP contribution in [0.3, 0.4) is 0 Å². The molecular weight excluding hydrogens is 318 g/mol. The molecule has 1 aliphatic rings. The van der Waals surface area contributed by atoms with Gasteiger partial charge in [0.1, 0.15) is 6.61 Å². The molecule has 3 heterocycles. The Kier molecular flexibility index (Phi) is 4.74. The lowest BCUT2D eigenvalue weighted by Gasteiger charge is -2.24. The van der Waals surface area contributed by atoms with E-state index in [2.05, 4.69) is 20.2 Å². The molecule has 3 rings (SSSR count). The number of hydrogen-bond acceptors (Lipinski definition) is 6. The van der Waals surface area contributed by atoms with Gasteiger partial charge in [-0.15, -0.1) is 5.10 Å². The summed E-state index contributed by atoms with van der Waals surface area (Å²) in [5.41, 5.74) is 1.21. The summed E-state index contributed by atoms with van der Waals surface area (Å²) in [7, 11) is 0. The standard InChI is InChI=1S/C18H25N5O2/c1-13-7-8-16(21-20-13)22-9-5-6-15(22)12-25-17(24)14-10-19-23(11-14)18(2,3)4/h7-8,10-11,15H,5-6,9,12H2,1-4H3. The molecule has 0 spiro atoms. The van der Waals surface area contributed by atoms with E-state index in [4.69, 9.17) is 4.74 Å². The first-order valence-corrected chi connectivity index (χ1v) is 8.64. The van der Waals surface area contributed by atoms with E-state index in [1.165, 1.54) is 0 Å². The van der Waals surface area contributed by atoms with Crippen LogP contribution in [0.5, 0.6) is 0 Å². The van der Waals surface area contributed by atoms with E-state index in [1.807, 2.05) is 39.8 Å². The smallest absolute Gasteiger partial charge is 0.341 e. The Bertz CT molecular complexity index is 733. The lowest BCUT2D eigenvalue weighted by atomic mass is 10.1. The molecule has 2 aromatic heterocycles. The van der Waals surface area contributed by atoms with Crippen molar-refractivity contribution in [1.29, 1.82) is 0 Å². The molecule has 0 saturated carbocycles. The van der Waals surface area contributed by atoms with Crippen LogP contribution in [0.25, 0.3) is 0 Å². The topological polar surface area (TPSA) is 73.1 Å². The van der Waals surface area contributed by atoms with Crippen LogP contribution in [0.2, 0.25) is 0 Å². The number of carbonyl (C=O) groups is 1. The molecule has 1 fully saturated rings. The molecule has 0 N–H and O–H groups in total. The number of hydrogen-bond donors (Lipinski definition) is 0. The van der Waals surface area contributed by atoms with Crippen molar-refractivity contribution in [2.45, 2.75) is 52.1 Å². The number of aromatic nitrogens is 4. The van der Waals surface area contributed by atoms with Crippen LogP contribution < -0.4 is 4.90 Å². The Morgan fingerprint density at radius 1 is 1.32 bits per heavy atom. The van der Waals surface area contributed by atoms with Crippen LogP contribution in [-0.4, -0.2) is 45.1 Å². The number of esters is 1. The first kappa shape index (κ1) is 17.4. The molecule has 1 saturated heterocycles. The Morgan fingerprint density at radius 2 is 2.12 bits per heavy atom. The summed E-state index contributed by atoms with van der Waals surface area (Å²) >= 11 is 0. The number of carbonyl (C=O) groups excluding carboxylic acids is 1. The van der Waals surface area contributed by atoms with E-state index in [9.17, 15) is 4.79 Å². The highest BCUT2D eigenvalue weighted by Crippen LogP contribution is 2.24. The van der Waals surface area contributed by atoms with E-state index in [1.54, 1.807) is 17.1 Å². The maximum atomic E-state index is 12.3. The molecule has 0 aliphatic carbocycles. The Labute approximate surface area is 148 Å². The minimum atomic E-state index is -0.336. The third-order valence-corrected chi connectivity index (χ3v) is 4.37. The van der Waals surface area contributed by atoms with Gasteiger partial charge in [0, 0.05) is 12.7 Å². The lowest BCUT2D eigenvalue weighted by Crippen LogP contribution is -2.34. The van der Waals surface area contributed by atoms with Gasteiger partial charge in [0.2, 0.25) is 0 Å². The quantitative estimate of drug-likeness (QED) is 0.795. The van der Waals surface area contributed by atoms with Crippen LogP contribution in [-0.2, 0) is 10.3 Å². The Morgan fingerprint density at radius 3 is 2.76 bits per heavy atom. The third-order valence-electron chi connectivity index (χ3n) is 4.37. The largest absolute Gasteiger partial charge is 0.460 e. The summed E-state index contributed by atoms with van der Waals surface area (Å²) in [4.78, 5) is 14.5. The van der Waals surface area contributed by atoms with Crippen molar-refractivity contribution in [3.8, 4) is 0 Å². The van der Waals surface area contributed by atoms with Gasteiger partial charge in [-0.25, -0.2) is 4.79 Å². The highest BCUT2D eigenvalue weighted by Gasteiger charge is 2.27. The first-order valence-electron chi connectivity index (χ1n) is 8.64. The van der Waals surface area contributed by atoms with Gasteiger partial charge in [-0.1, -0.05) is 0 Å². The Hall–Kier alpha value is -2.44. The zero-order valence-electron chi connectivity index (χ0n) is 15.3. The fourth-order valence-corrected chi connectivity index (χ4v) is 2.91. The zero-order chi connectivity index (χ0) is 18.0. The predicted molar refractivity (Wildman–Crippen MR) is 94.6 cm³/mol. The molecule has 1 atom stereocenters. The SMILES string of the molecule is Cc1ccc(N2CCCC2COC(=O)c2cnn(C(C)(C)C)c2)nn1. The number of anilines is 1. The second-order valence-electron chi connectivity index (χ2n) is 7.47. The van der Waals surface area contributed by atoms with Gasteiger partial charge in [-0.3, -0.25) is 4.68 Å². The summed E-state index contributed by atoms with van der Waals surface area (Å²) in [6.45, 7) is 9.27. The van der Waals surface area contributed by atoms with Crippen LogP contribution in [0, 0.1) is 6.92 Å². The molecule has 0 radical (unpaired) electrons. The lowest BCUT2D eigenvalue weighted by molar-refractivity contribution is 0.0482. The van der Waals surface area contributed by atoms with E-state index in [-0.39, 0.29) is 17.6 Å². The van der Waals surface area contributed by atoms with Crippen LogP contribution in [0.15, 0.2) is 24.5 Å². The maximum absolute atomic E-state index is 12.3. The van der Waals surface area contributed by atoms with Crippen molar-refractivity contribution < 1.29 is 9.53 Å². The van der Waals surface area contributed by atoms with Gasteiger partial charge in [0.05, 0.1) is 29.0 Å². The molecule has 134 valence electrons. The number of nitrogens with zero attached hydrogens (tertiary/aromatic N) is 5. The van der Waals surface area contributed by atoms with Crippen molar-refractivity contribution >= 4 is 11.8 Å². The van der Waals surface area contributed by atoms with Gasteiger partial charge in [0.15, 0.2) is 5.82 Å². The van der Waals surface area contributed by atoms with Gasteiger partial charge in [0.25, 0.3) is 0 Å². The number of rotatable bonds is 4. The molecule has 1 unspecified atom stereocenters. The molecular formula is C18H25N5O2. The molecule has 0 bridgehead atoms. The highest BCUT2D eigenvalue weighted by atomic mass is 16.5. The number of ether oxygens (including phenoxy) is 1. The summed E-state index contributed by atoms with van der Waals surface area (Å²) in [5, 5.41) is 12.6. The molecule has 7 nitrogen and oxygen atoms in total. The summed E-state index contributed by atoms with van der Waals surface area (Å²) < 4.78 is 7.30. The molecule has 0 amide bonds. The third kappa shape index (κ3) is 3.97. The van der Waals surface area contributed by atoms with Gasteiger partial charge in [-0.05, 0) is 52.7 Å². The first-order chi connectivity index (χ1) is 11.8. The molecule has 7 heteroatoms.